The van der Waals surface area contributed by atoms with Crippen molar-refractivity contribution in [2.45, 2.75) is 57.2 Å². The van der Waals surface area contributed by atoms with E-state index in [1.807, 2.05) is 46.7 Å². The molecule has 2 heterocycles. The van der Waals surface area contributed by atoms with Crippen LogP contribution in [0.4, 0.5) is 0 Å². The molecule has 2 aromatic rings. The lowest BCUT2D eigenvalue weighted by atomic mass is 10.1. The molecule has 6 heteroatoms. The van der Waals surface area contributed by atoms with Crippen molar-refractivity contribution in [2.24, 2.45) is 0 Å². The van der Waals surface area contributed by atoms with Gasteiger partial charge in [-0.1, -0.05) is 40.1 Å². The molecule has 136 valence electrons. The number of imidazole rings is 1. The second kappa shape index (κ2) is 9.53. The Bertz CT molecular complexity index is 695. The molecule has 1 aliphatic rings. The van der Waals surface area contributed by atoms with Crippen molar-refractivity contribution >= 4 is 38.5 Å². The molecule has 1 unspecified atom stereocenters. The summed E-state index contributed by atoms with van der Waals surface area (Å²) in [4.78, 5) is 16.5. The molecule has 0 bridgehead atoms. The standard InChI is InChI=1S/C19H27N3OS2/c1-15-21-17-8-3-4-9-18(17)22(15)13-6-12-20-19(23)10-5-2-7-16-11-14-24-25-16/h3-4,8-9,16H,2,5-7,10-14H2,1H3,(H,20,23). The summed E-state index contributed by atoms with van der Waals surface area (Å²) in [6.07, 6.45) is 6.38. The number of nitrogens with one attached hydrogen (secondary N) is 1. The quantitative estimate of drug-likeness (QED) is 0.514. The van der Waals surface area contributed by atoms with Gasteiger partial charge in [0, 0.05) is 30.5 Å². The molecule has 1 aromatic heterocycles. The van der Waals surface area contributed by atoms with Gasteiger partial charge in [0.15, 0.2) is 0 Å². The molecule has 1 aromatic carbocycles. The van der Waals surface area contributed by atoms with E-state index in [1.165, 1.54) is 30.5 Å². The highest BCUT2D eigenvalue weighted by atomic mass is 33.1. The van der Waals surface area contributed by atoms with E-state index < -0.39 is 0 Å². The van der Waals surface area contributed by atoms with Gasteiger partial charge < -0.3 is 9.88 Å². The summed E-state index contributed by atoms with van der Waals surface area (Å²) >= 11 is 0. The minimum atomic E-state index is 0.195. The number of hydrogen-bond donors (Lipinski definition) is 1. The highest BCUT2D eigenvalue weighted by Gasteiger charge is 2.15. The molecule has 1 saturated heterocycles. The van der Waals surface area contributed by atoms with Gasteiger partial charge in [-0.15, -0.1) is 0 Å². The van der Waals surface area contributed by atoms with Crippen LogP contribution in [0.1, 0.15) is 44.3 Å². The molecule has 0 radical (unpaired) electrons. The minimum Gasteiger partial charge on any atom is -0.356 e. The average molecular weight is 378 g/mol. The van der Waals surface area contributed by atoms with E-state index >= 15 is 0 Å². The lowest BCUT2D eigenvalue weighted by Gasteiger charge is -2.09. The molecule has 0 saturated carbocycles. The Labute approximate surface area is 157 Å². The van der Waals surface area contributed by atoms with E-state index in [4.69, 9.17) is 0 Å². The Morgan fingerprint density at radius 2 is 2.20 bits per heavy atom. The number of carbonyl (C=O) groups excluding carboxylic acids is 1. The van der Waals surface area contributed by atoms with Crippen LogP contribution in [0.25, 0.3) is 11.0 Å². The topological polar surface area (TPSA) is 46.9 Å². The minimum absolute atomic E-state index is 0.195. The molecule has 1 amide bonds. The molecule has 0 spiro atoms. The zero-order valence-electron chi connectivity index (χ0n) is 14.9. The van der Waals surface area contributed by atoms with Gasteiger partial charge in [-0.25, -0.2) is 4.98 Å². The predicted octanol–water partition coefficient (Wildman–Crippen LogP) is 4.57. The summed E-state index contributed by atoms with van der Waals surface area (Å²) < 4.78 is 2.23. The number of rotatable bonds is 9. The van der Waals surface area contributed by atoms with Crippen LogP contribution in [-0.4, -0.2) is 33.0 Å². The fraction of sp³-hybridized carbons (Fsp3) is 0.579. The highest BCUT2D eigenvalue weighted by Crippen LogP contribution is 2.39. The van der Waals surface area contributed by atoms with Crippen LogP contribution in [0.5, 0.6) is 0 Å². The Hall–Kier alpha value is -1.14. The third-order valence-corrected chi connectivity index (χ3v) is 7.64. The Morgan fingerprint density at radius 3 is 3.04 bits per heavy atom. The summed E-state index contributed by atoms with van der Waals surface area (Å²) in [6.45, 7) is 3.67. The smallest absolute Gasteiger partial charge is 0.219 e. The van der Waals surface area contributed by atoms with Gasteiger partial charge in [-0.3, -0.25) is 4.79 Å². The average Bonchev–Trinajstić information content (AvgIpc) is 3.23. The van der Waals surface area contributed by atoms with Gasteiger partial charge >= 0.3 is 0 Å². The number of nitrogens with zero attached hydrogens (tertiary/aromatic N) is 2. The van der Waals surface area contributed by atoms with Crippen LogP contribution in [0.3, 0.4) is 0 Å². The maximum Gasteiger partial charge on any atom is 0.219 e. The number of amides is 1. The number of unbranched alkanes of at least 4 members (excludes halogenated alkanes) is 1. The van der Waals surface area contributed by atoms with Gasteiger partial charge in [-0.2, -0.15) is 0 Å². The third kappa shape index (κ3) is 5.42. The molecule has 4 nitrogen and oxygen atoms in total. The van der Waals surface area contributed by atoms with E-state index in [-0.39, 0.29) is 5.91 Å². The second-order valence-corrected chi connectivity index (χ2v) is 9.37. The Balaban J connectivity index is 1.31. The van der Waals surface area contributed by atoms with Crippen molar-refractivity contribution in [3.05, 3.63) is 30.1 Å². The number of aromatic nitrogens is 2. The van der Waals surface area contributed by atoms with E-state index in [0.29, 0.717) is 6.42 Å². The molecule has 1 atom stereocenters. The summed E-state index contributed by atoms with van der Waals surface area (Å²) in [7, 11) is 4.02. The van der Waals surface area contributed by atoms with E-state index in [9.17, 15) is 4.79 Å². The molecule has 3 rings (SSSR count). The Kier molecular flexibility index (Phi) is 7.11. The number of carbonyl (C=O) groups is 1. The first-order valence-corrected chi connectivity index (χ1v) is 11.6. The molecular formula is C19H27N3OS2. The monoisotopic (exact) mass is 377 g/mol. The van der Waals surface area contributed by atoms with Gasteiger partial charge in [-0.05, 0) is 44.7 Å². The van der Waals surface area contributed by atoms with Crippen LogP contribution in [0.2, 0.25) is 0 Å². The zero-order valence-corrected chi connectivity index (χ0v) is 16.5. The second-order valence-electron chi connectivity index (χ2n) is 6.58. The molecule has 25 heavy (non-hydrogen) atoms. The number of hydrogen-bond acceptors (Lipinski definition) is 4. The molecule has 1 fully saturated rings. The number of fused-ring (bicyclic) bond motifs is 1. The fourth-order valence-electron chi connectivity index (χ4n) is 3.25. The van der Waals surface area contributed by atoms with Crippen molar-refractivity contribution in [1.29, 1.82) is 0 Å². The largest absolute Gasteiger partial charge is 0.356 e. The third-order valence-electron chi connectivity index (χ3n) is 4.63. The molecule has 1 N–H and O–H groups in total. The van der Waals surface area contributed by atoms with E-state index in [2.05, 4.69) is 20.9 Å². The first kappa shape index (κ1) is 18.6. The van der Waals surface area contributed by atoms with E-state index in [1.54, 1.807) is 0 Å². The van der Waals surface area contributed by atoms with Crippen LogP contribution >= 0.6 is 21.6 Å². The molecule has 0 aliphatic carbocycles. The van der Waals surface area contributed by atoms with Crippen LogP contribution in [0, 0.1) is 6.92 Å². The van der Waals surface area contributed by atoms with E-state index in [0.717, 1.165) is 42.5 Å². The highest BCUT2D eigenvalue weighted by molar-refractivity contribution is 8.77. The first-order chi connectivity index (χ1) is 12.2. The Morgan fingerprint density at radius 1 is 1.32 bits per heavy atom. The lowest BCUT2D eigenvalue weighted by molar-refractivity contribution is -0.121. The van der Waals surface area contributed by atoms with Gasteiger partial charge in [0.1, 0.15) is 5.82 Å². The SMILES string of the molecule is Cc1nc2ccccc2n1CCCNC(=O)CCCCC1CCSS1. The maximum absolute atomic E-state index is 11.9. The van der Waals surface area contributed by atoms with Gasteiger partial charge in [0.25, 0.3) is 0 Å². The van der Waals surface area contributed by atoms with Crippen molar-refractivity contribution in [2.75, 3.05) is 12.3 Å². The zero-order chi connectivity index (χ0) is 17.5. The summed E-state index contributed by atoms with van der Waals surface area (Å²) in [6, 6.07) is 8.21. The number of para-hydroxylation sites is 2. The number of aryl methyl sites for hydroxylation is 2. The van der Waals surface area contributed by atoms with Crippen molar-refractivity contribution < 1.29 is 4.79 Å². The first-order valence-electron chi connectivity index (χ1n) is 9.21. The number of benzene rings is 1. The van der Waals surface area contributed by atoms with Crippen LogP contribution in [-0.2, 0) is 11.3 Å². The van der Waals surface area contributed by atoms with Crippen LogP contribution < -0.4 is 5.32 Å². The van der Waals surface area contributed by atoms with Gasteiger partial charge in [0.05, 0.1) is 11.0 Å². The normalized spacial score (nSPS) is 17.2. The van der Waals surface area contributed by atoms with Gasteiger partial charge in [0.2, 0.25) is 5.91 Å². The summed E-state index contributed by atoms with van der Waals surface area (Å²) in [5, 5.41) is 3.88. The summed E-state index contributed by atoms with van der Waals surface area (Å²) in [5.74, 6) is 2.53. The molecular weight excluding hydrogens is 350 g/mol. The fourth-order valence-corrected chi connectivity index (χ4v) is 6.28. The lowest BCUT2D eigenvalue weighted by Crippen LogP contribution is -2.25. The predicted molar refractivity (Wildman–Crippen MR) is 109 cm³/mol. The van der Waals surface area contributed by atoms with Crippen LogP contribution in [0.15, 0.2) is 24.3 Å². The van der Waals surface area contributed by atoms with Crippen molar-refractivity contribution in [3.63, 3.8) is 0 Å². The van der Waals surface area contributed by atoms with Crippen molar-refractivity contribution in [3.8, 4) is 0 Å². The summed E-state index contributed by atoms with van der Waals surface area (Å²) in [5.41, 5.74) is 2.22. The maximum atomic E-state index is 11.9. The van der Waals surface area contributed by atoms with Crippen molar-refractivity contribution in [1.82, 2.24) is 14.9 Å². The molecule has 1 aliphatic heterocycles.